The molecule has 10 aromatic rings. The largest absolute Gasteiger partial charge is 0.456 e. The van der Waals surface area contributed by atoms with Gasteiger partial charge >= 0.3 is 0 Å². The van der Waals surface area contributed by atoms with Gasteiger partial charge in [0.25, 0.3) is 0 Å². The molecule has 0 aliphatic carbocycles. The summed E-state index contributed by atoms with van der Waals surface area (Å²) in [4.78, 5) is 0. The predicted molar refractivity (Wildman–Crippen MR) is 215 cm³/mol. The van der Waals surface area contributed by atoms with Gasteiger partial charge in [-0.25, -0.2) is 0 Å². The van der Waals surface area contributed by atoms with Crippen LogP contribution in [0.5, 0.6) is 11.5 Å². The lowest BCUT2D eigenvalue weighted by Gasteiger charge is -2.23. The summed E-state index contributed by atoms with van der Waals surface area (Å²) < 4.78 is 36.2. The van der Waals surface area contributed by atoms with Gasteiger partial charge < -0.3 is 4.74 Å². The van der Waals surface area contributed by atoms with E-state index in [1.807, 2.05) is 66.7 Å². The van der Waals surface area contributed by atoms with Gasteiger partial charge in [0.2, 0.25) is 0 Å². The van der Waals surface area contributed by atoms with Gasteiger partial charge in [0, 0.05) is 10.9 Å². The number of hydrogen-bond acceptors (Lipinski definition) is 1. The van der Waals surface area contributed by atoms with Crippen molar-refractivity contribution in [3.8, 4) is 67.1 Å². The molecule has 0 aromatic heterocycles. The molecular weight excluding hydrogens is 617 g/mol. The predicted octanol–water partition coefficient (Wildman–Crippen LogP) is 14.2. The lowest BCUT2D eigenvalue weighted by atomic mass is 9.86. The van der Waals surface area contributed by atoms with Crippen LogP contribution in [0.3, 0.4) is 0 Å². The van der Waals surface area contributed by atoms with Gasteiger partial charge in [-0.05, 0) is 124 Å². The second-order valence-corrected chi connectivity index (χ2v) is 13.4. The Morgan fingerprint density at radius 1 is 0.314 bits per heavy atom. The fourth-order valence-electron chi connectivity index (χ4n) is 8.10. The van der Waals surface area contributed by atoms with Crippen LogP contribution in [-0.4, -0.2) is 0 Å². The smallest absolute Gasteiger partial charge is 0.135 e. The Kier molecular flexibility index (Phi) is 5.41. The lowest BCUT2D eigenvalue weighted by Crippen LogP contribution is -1.98. The summed E-state index contributed by atoms with van der Waals surface area (Å²) in [6.45, 7) is 0. The maximum absolute atomic E-state index is 10.0. The molecule has 1 nitrogen and oxygen atoms in total. The van der Waals surface area contributed by atoms with Crippen molar-refractivity contribution in [1.29, 1.82) is 0 Å². The lowest BCUT2D eigenvalue weighted by molar-refractivity contribution is 0.487. The number of fused-ring (bicyclic) bond motifs is 2. The first kappa shape index (κ1) is 25.3. The first-order valence-corrected chi connectivity index (χ1v) is 17.3. The van der Waals surface area contributed by atoms with Gasteiger partial charge in [-0.2, -0.15) is 0 Å². The zero-order valence-corrected chi connectivity index (χ0v) is 27.5. The SMILES string of the molecule is [2H]c1c(-c2ccccc2)c([2H])c(-c2ccc3ccc4cccc5ccc2c3c45)c([2H])c1-c1ccc2c3c(cccc13)-c1cc(-c3ccccc3)ccc1O2. The Hall–Kier alpha value is -6.70. The molecule has 1 aliphatic heterocycles. The highest BCUT2D eigenvalue weighted by atomic mass is 16.5. The van der Waals surface area contributed by atoms with E-state index in [4.69, 9.17) is 4.74 Å². The molecule has 0 bridgehead atoms. The summed E-state index contributed by atoms with van der Waals surface area (Å²) in [6, 6.07) is 56.3. The van der Waals surface area contributed by atoms with Crippen LogP contribution in [0.1, 0.15) is 4.11 Å². The first-order chi connectivity index (χ1) is 26.5. The van der Waals surface area contributed by atoms with Gasteiger partial charge in [-0.1, -0.05) is 146 Å². The van der Waals surface area contributed by atoms with Crippen LogP contribution in [0, 0.1) is 0 Å². The molecule has 0 radical (unpaired) electrons. The van der Waals surface area contributed by atoms with Crippen molar-refractivity contribution in [3.05, 3.63) is 182 Å². The minimum absolute atomic E-state index is 0.168. The summed E-state index contributed by atoms with van der Waals surface area (Å²) in [6.07, 6.45) is 0. The van der Waals surface area contributed by atoms with E-state index < -0.39 is 0 Å². The van der Waals surface area contributed by atoms with E-state index in [9.17, 15) is 4.11 Å². The Labute approximate surface area is 300 Å². The van der Waals surface area contributed by atoms with Crippen molar-refractivity contribution in [2.75, 3.05) is 0 Å². The molecular formula is C50H30O. The number of benzene rings is 10. The molecule has 0 saturated carbocycles. The normalized spacial score (nSPS) is 12.9. The molecule has 1 heterocycles. The van der Waals surface area contributed by atoms with E-state index >= 15 is 0 Å². The average molecular weight is 650 g/mol. The van der Waals surface area contributed by atoms with Crippen molar-refractivity contribution in [1.82, 2.24) is 0 Å². The molecule has 10 aromatic carbocycles. The number of hydrogen-bond donors (Lipinski definition) is 0. The molecule has 1 aliphatic rings. The maximum atomic E-state index is 10.0. The van der Waals surface area contributed by atoms with Gasteiger partial charge in [0.15, 0.2) is 0 Å². The van der Waals surface area contributed by atoms with Crippen LogP contribution in [0.15, 0.2) is 182 Å². The molecule has 0 unspecified atom stereocenters. The molecule has 1 heteroatoms. The fourth-order valence-corrected chi connectivity index (χ4v) is 8.10. The Morgan fingerprint density at radius 3 is 1.63 bits per heavy atom. The van der Waals surface area contributed by atoms with Crippen LogP contribution in [0.4, 0.5) is 0 Å². The summed E-state index contributed by atoms with van der Waals surface area (Å²) in [5.74, 6) is 1.54. The Bertz CT molecular complexity index is 3140. The Balaban J connectivity index is 1.20. The topological polar surface area (TPSA) is 9.23 Å². The molecule has 236 valence electrons. The van der Waals surface area contributed by atoms with Gasteiger partial charge in [0.1, 0.15) is 11.5 Å². The molecule has 0 spiro atoms. The minimum Gasteiger partial charge on any atom is -0.456 e. The summed E-state index contributed by atoms with van der Waals surface area (Å²) in [5.41, 5.74) is 8.19. The van der Waals surface area contributed by atoms with Crippen LogP contribution >= 0.6 is 0 Å². The van der Waals surface area contributed by atoms with Crippen LogP contribution in [-0.2, 0) is 0 Å². The van der Waals surface area contributed by atoms with Gasteiger partial charge in [0.05, 0.1) is 4.11 Å². The average Bonchev–Trinajstić information content (AvgIpc) is 3.22. The molecule has 0 saturated heterocycles. The molecule has 0 fully saturated rings. The quantitative estimate of drug-likeness (QED) is 0.172. The van der Waals surface area contributed by atoms with Crippen molar-refractivity contribution < 1.29 is 8.85 Å². The third-order valence-electron chi connectivity index (χ3n) is 10.5. The summed E-state index contributed by atoms with van der Waals surface area (Å²) in [5, 5.41) is 8.62. The number of rotatable bonds is 4. The highest BCUT2D eigenvalue weighted by Crippen LogP contribution is 2.50. The zero-order valence-electron chi connectivity index (χ0n) is 30.5. The first-order valence-electron chi connectivity index (χ1n) is 18.8. The second-order valence-electron chi connectivity index (χ2n) is 13.4. The van der Waals surface area contributed by atoms with E-state index in [1.165, 1.54) is 5.39 Å². The van der Waals surface area contributed by atoms with Crippen molar-refractivity contribution in [3.63, 3.8) is 0 Å². The molecule has 0 N–H and O–H groups in total. The summed E-state index contributed by atoms with van der Waals surface area (Å²) in [7, 11) is 0. The van der Waals surface area contributed by atoms with Crippen LogP contribution in [0.2, 0.25) is 0 Å². The van der Waals surface area contributed by atoms with Gasteiger partial charge in [-0.3, -0.25) is 0 Å². The van der Waals surface area contributed by atoms with E-state index in [0.29, 0.717) is 16.7 Å². The van der Waals surface area contributed by atoms with Crippen molar-refractivity contribution >= 4 is 43.1 Å². The summed E-state index contributed by atoms with van der Waals surface area (Å²) >= 11 is 0. The third kappa shape index (κ3) is 4.35. The maximum Gasteiger partial charge on any atom is 0.135 e. The van der Waals surface area contributed by atoms with E-state index in [2.05, 4.69) is 97.1 Å². The molecule has 0 amide bonds. The highest BCUT2D eigenvalue weighted by molar-refractivity contribution is 6.25. The number of ether oxygens (including phenoxy) is 1. The second kappa shape index (κ2) is 10.9. The molecule has 11 rings (SSSR count). The van der Waals surface area contributed by atoms with Crippen molar-refractivity contribution in [2.45, 2.75) is 0 Å². The van der Waals surface area contributed by atoms with E-state index in [0.717, 1.165) is 88.1 Å². The Morgan fingerprint density at radius 2 is 0.882 bits per heavy atom. The minimum atomic E-state index is 0.168. The van der Waals surface area contributed by atoms with Crippen molar-refractivity contribution in [2.24, 2.45) is 0 Å². The highest BCUT2D eigenvalue weighted by Gasteiger charge is 2.23. The van der Waals surface area contributed by atoms with E-state index in [1.54, 1.807) is 0 Å². The van der Waals surface area contributed by atoms with Crippen LogP contribution in [0.25, 0.3) is 98.7 Å². The third-order valence-corrected chi connectivity index (χ3v) is 10.5. The van der Waals surface area contributed by atoms with Crippen LogP contribution < -0.4 is 4.74 Å². The molecule has 0 atom stereocenters. The molecule has 51 heavy (non-hydrogen) atoms. The van der Waals surface area contributed by atoms with E-state index in [-0.39, 0.29) is 18.1 Å². The monoisotopic (exact) mass is 649 g/mol. The van der Waals surface area contributed by atoms with Gasteiger partial charge in [-0.15, -0.1) is 0 Å². The fraction of sp³-hybridized carbons (Fsp3) is 0. The zero-order chi connectivity index (χ0) is 36.1. The standard InChI is InChI=1S/C50H30O/c1-3-9-31(10-4-1)36-21-25-46-45(30-36)43-16-8-15-42-41(24-26-47(51-46)50(42)43)39-28-37(32-11-5-2-6-12-32)27-38(29-39)40-22-19-35-18-17-33-13-7-14-34-20-23-44(40)49(35)48(33)34/h1-30H/i27D,28D,29D.